The van der Waals surface area contributed by atoms with Crippen LogP contribution in [0.4, 0.5) is 0 Å². The van der Waals surface area contributed by atoms with Gasteiger partial charge in [0, 0.05) is 11.8 Å². The summed E-state index contributed by atoms with van der Waals surface area (Å²) in [4.78, 5) is 9.91. The first-order valence-corrected chi connectivity index (χ1v) is 9.57. The highest BCUT2D eigenvalue weighted by molar-refractivity contribution is 5.89. The fourth-order valence-electron chi connectivity index (χ4n) is 3.80. The third-order valence-corrected chi connectivity index (χ3v) is 5.74. The Morgan fingerprint density at radius 2 is 1.08 bits per heavy atom. The van der Waals surface area contributed by atoms with Gasteiger partial charge in [-0.25, -0.2) is 9.98 Å². The fraction of sp³-hybridized carbons (Fsp3) is 0.900. The summed E-state index contributed by atoms with van der Waals surface area (Å²) in [5.41, 5.74) is 0.315. The average Bonchev–Trinajstić information content (AvgIpc) is 3.16. The summed E-state index contributed by atoms with van der Waals surface area (Å²) in [7, 11) is 0. The van der Waals surface area contributed by atoms with Crippen molar-refractivity contribution in [2.75, 3.05) is 13.2 Å². The summed E-state index contributed by atoms with van der Waals surface area (Å²) >= 11 is 0. The van der Waals surface area contributed by atoms with E-state index in [4.69, 9.17) is 19.5 Å². The lowest BCUT2D eigenvalue weighted by Crippen LogP contribution is -2.33. The van der Waals surface area contributed by atoms with Crippen LogP contribution in [0.2, 0.25) is 0 Å². The lowest BCUT2D eigenvalue weighted by Gasteiger charge is -2.30. The van der Waals surface area contributed by atoms with Crippen molar-refractivity contribution in [1.82, 2.24) is 0 Å². The molecule has 24 heavy (non-hydrogen) atoms. The minimum Gasteiger partial charge on any atom is -0.478 e. The Bertz CT molecular complexity index is 477. The first-order chi connectivity index (χ1) is 11.2. The molecule has 0 bridgehead atoms. The molecule has 1 aliphatic carbocycles. The lowest BCUT2D eigenvalue weighted by atomic mass is 9.78. The van der Waals surface area contributed by atoms with Crippen molar-refractivity contribution in [3.63, 3.8) is 0 Å². The molecule has 0 N–H and O–H groups in total. The van der Waals surface area contributed by atoms with Gasteiger partial charge in [0.05, 0.1) is 12.1 Å². The summed E-state index contributed by atoms with van der Waals surface area (Å²) < 4.78 is 12.1. The fourth-order valence-corrected chi connectivity index (χ4v) is 3.80. The van der Waals surface area contributed by atoms with Crippen LogP contribution in [0.5, 0.6) is 0 Å². The van der Waals surface area contributed by atoms with Crippen LogP contribution in [-0.4, -0.2) is 37.1 Å². The summed E-state index contributed by atoms with van der Waals surface area (Å²) in [6.07, 6.45) is 4.78. The second kappa shape index (κ2) is 6.34. The van der Waals surface area contributed by atoms with Gasteiger partial charge >= 0.3 is 0 Å². The smallest absolute Gasteiger partial charge is 0.187 e. The van der Waals surface area contributed by atoms with Crippen LogP contribution >= 0.6 is 0 Å². The van der Waals surface area contributed by atoms with Crippen LogP contribution in [-0.2, 0) is 9.47 Å². The Hall–Kier alpha value is -1.06. The molecule has 3 aliphatic rings. The molecule has 0 aromatic rings. The monoisotopic (exact) mass is 334 g/mol. The summed E-state index contributed by atoms with van der Waals surface area (Å²) in [5, 5.41) is 0. The summed E-state index contributed by atoms with van der Waals surface area (Å²) in [5.74, 6) is 2.63. The standard InChI is InChI=1S/C20H34N2O2/c1-19(2,3)15-11-23-17(21-15)13-9-7-8-10-14(13)18-22-16(12-24-18)20(4,5)6/h13-16H,7-12H2,1-6H3/t13-,14-,15-,16-/m1/s1. The van der Waals surface area contributed by atoms with Crippen LogP contribution in [0.15, 0.2) is 9.98 Å². The highest BCUT2D eigenvalue weighted by Gasteiger charge is 2.42. The maximum absolute atomic E-state index is 6.05. The Kier molecular flexibility index (Phi) is 4.69. The van der Waals surface area contributed by atoms with Gasteiger partial charge in [0.2, 0.25) is 0 Å². The van der Waals surface area contributed by atoms with E-state index >= 15 is 0 Å². The number of aliphatic imine (C=N–C) groups is 2. The third kappa shape index (κ3) is 3.62. The maximum atomic E-state index is 6.05. The number of nitrogens with zero attached hydrogens (tertiary/aromatic N) is 2. The molecule has 0 spiro atoms. The van der Waals surface area contributed by atoms with Gasteiger partial charge in [0.15, 0.2) is 11.8 Å². The predicted molar refractivity (Wildman–Crippen MR) is 98.7 cm³/mol. The highest BCUT2D eigenvalue weighted by atomic mass is 16.5. The second-order valence-electron chi connectivity index (χ2n) is 9.82. The molecule has 1 saturated carbocycles. The van der Waals surface area contributed by atoms with Crippen molar-refractivity contribution >= 4 is 11.8 Å². The van der Waals surface area contributed by atoms with Gasteiger partial charge in [-0.3, -0.25) is 0 Å². The molecule has 0 amide bonds. The largest absolute Gasteiger partial charge is 0.478 e. The van der Waals surface area contributed by atoms with Crippen LogP contribution in [0.3, 0.4) is 0 Å². The van der Waals surface area contributed by atoms with Crippen molar-refractivity contribution in [2.24, 2.45) is 32.7 Å². The van der Waals surface area contributed by atoms with Crippen molar-refractivity contribution in [3.8, 4) is 0 Å². The predicted octanol–water partition coefficient (Wildman–Crippen LogP) is 4.48. The average molecular weight is 335 g/mol. The molecule has 0 aromatic carbocycles. The van der Waals surface area contributed by atoms with Crippen molar-refractivity contribution < 1.29 is 9.47 Å². The van der Waals surface area contributed by atoms with Crippen molar-refractivity contribution in [2.45, 2.75) is 79.3 Å². The van der Waals surface area contributed by atoms with Gasteiger partial charge in [-0.15, -0.1) is 0 Å². The normalized spacial score (nSPS) is 34.4. The Labute approximate surface area is 147 Å². The molecule has 0 radical (unpaired) electrons. The summed E-state index contributed by atoms with van der Waals surface area (Å²) in [6.45, 7) is 14.9. The van der Waals surface area contributed by atoms with E-state index in [1.165, 1.54) is 12.8 Å². The molecular weight excluding hydrogens is 300 g/mol. The van der Waals surface area contributed by atoms with Gasteiger partial charge in [0.25, 0.3) is 0 Å². The van der Waals surface area contributed by atoms with Gasteiger partial charge in [0.1, 0.15) is 13.2 Å². The molecule has 4 nitrogen and oxygen atoms in total. The van der Waals surface area contributed by atoms with E-state index in [0.29, 0.717) is 11.8 Å². The topological polar surface area (TPSA) is 43.2 Å². The van der Waals surface area contributed by atoms with Gasteiger partial charge < -0.3 is 9.47 Å². The van der Waals surface area contributed by atoms with Gasteiger partial charge in [-0.1, -0.05) is 54.4 Å². The molecule has 3 rings (SSSR count). The van der Waals surface area contributed by atoms with E-state index in [2.05, 4.69) is 41.5 Å². The molecular formula is C20H34N2O2. The SMILES string of the molecule is CC(C)(C)[C@H]1COC([C@@H]2CCCC[C@H]2C2=N[C@@H](C(C)(C)C)CO2)=N1. The van der Waals surface area contributed by atoms with Gasteiger partial charge in [-0.2, -0.15) is 0 Å². The number of ether oxygens (including phenoxy) is 2. The molecule has 0 saturated heterocycles. The van der Waals surface area contributed by atoms with Crippen LogP contribution < -0.4 is 0 Å². The van der Waals surface area contributed by atoms with Crippen molar-refractivity contribution in [3.05, 3.63) is 0 Å². The molecule has 0 aromatic heterocycles. The van der Waals surface area contributed by atoms with Crippen LogP contribution in [0.1, 0.15) is 67.2 Å². The summed E-state index contributed by atoms with van der Waals surface area (Å²) in [6, 6.07) is 0.535. The minimum atomic E-state index is 0.157. The third-order valence-electron chi connectivity index (χ3n) is 5.74. The molecule has 1 fully saturated rings. The molecule has 0 unspecified atom stereocenters. The van der Waals surface area contributed by atoms with Crippen LogP contribution in [0, 0.1) is 22.7 Å². The van der Waals surface area contributed by atoms with E-state index in [1.54, 1.807) is 0 Å². The Morgan fingerprint density at radius 1 is 0.708 bits per heavy atom. The van der Waals surface area contributed by atoms with Crippen LogP contribution in [0.25, 0.3) is 0 Å². The highest BCUT2D eigenvalue weighted by Crippen LogP contribution is 2.38. The second-order valence-corrected chi connectivity index (χ2v) is 9.82. The zero-order valence-corrected chi connectivity index (χ0v) is 16.3. The minimum absolute atomic E-state index is 0.157. The molecule has 2 aliphatic heterocycles. The van der Waals surface area contributed by atoms with E-state index in [-0.39, 0.29) is 22.9 Å². The Balaban J connectivity index is 1.78. The molecule has 136 valence electrons. The zero-order valence-electron chi connectivity index (χ0n) is 16.3. The van der Waals surface area contributed by atoms with E-state index in [1.807, 2.05) is 0 Å². The van der Waals surface area contributed by atoms with Crippen molar-refractivity contribution in [1.29, 1.82) is 0 Å². The Morgan fingerprint density at radius 3 is 1.38 bits per heavy atom. The molecule has 2 heterocycles. The number of hydrogen-bond acceptors (Lipinski definition) is 4. The molecule has 4 atom stereocenters. The first kappa shape index (κ1) is 17.8. The van der Waals surface area contributed by atoms with E-state index < -0.39 is 0 Å². The first-order valence-electron chi connectivity index (χ1n) is 9.57. The van der Waals surface area contributed by atoms with E-state index in [0.717, 1.165) is 37.9 Å². The number of rotatable bonds is 2. The van der Waals surface area contributed by atoms with E-state index in [9.17, 15) is 0 Å². The maximum Gasteiger partial charge on any atom is 0.187 e. The lowest BCUT2D eigenvalue weighted by molar-refractivity contribution is 0.204. The quantitative estimate of drug-likeness (QED) is 0.747. The number of hydrogen-bond donors (Lipinski definition) is 0. The molecule has 4 heteroatoms. The zero-order chi connectivity index (χ0) is 17.5. The van der Waals surface area contributed by atoms with Gasteiger partial charge in [-0.05, 0) is 23.7 Å².